The number of hydrogen-bond acceptors (Lipinski definition) is 1. The van der Waals surface area contributed by atoms with E-state index in [9.17, 15) is 0 Å². The number of methoxy groups -OCH3 is 1. The molecule has 3 atom stereocenters. The monoisotopic (exact) mass is 290 g/mol. The van der Waals surface area contributed by atoms with Crippen LogP contribution in [-0.2, 0) is 12.8 Å². The number of hydrogen-bond donors (Lipinski definition) is 0. The summed E-state index contributed by atoms with van der Waals surface area (Å²) in [4.78, 5) is 0. The highest BCUT2D eigenvalue weighted by molar-refractivity contribution is 5.89. The molecule has 0 heterocycles. The molecule has 22 heavy (non-hydrogen) atoms. The van der Waals surface area contributed by atoms with E-state index in [-0.39, 0.29) is 0 Å². The molecule has 0 amide bonds. The fourth-order valence-electron chi connectivity index (χ4n) is 5.36. The van der Waals surface area contributed by atoms with Crippen LogP contribution in [0.1, 0.15) is 30.4 Å². The first-order chi connectivity index (χ1) is 10.8. The molecule has 1 fully saturated rings. The summed E-state index contributed by atoms with van der Waals surface area (Å²) in [5, 5.41) is 2.60. The maximum atomic E-state index is 5.57. The Hall–Kier alpha value is -1.76. The van der Waals surface area contributed by atoms with E-state index in [1.807, 2.05) is 0 Å². The van der Waals surface area contributed by atoms with Gasteiger partial charge in [0.2, 0.25) is 0 Å². The summed E-state index contributed by atoms with van der Waals surface area (Å²) in [7, 11) is 1.77. The molecule has 0 radical (unpaired) electrons. The quantitative estimate of drug-likeness (QED) is 0.677. The molecule has 0 N–H and O–H groups in total. The summed E-state index contributed by atoms with van der Waals surface area (Å²) < 4.78 is 5.57. The Labute approximate surface area is 132 Å². The third kappa shape index (κ3) is 1.65. The van der Waals surface area contributed by atoms with Gasteiger partial charge in [-0.1, -0.05) is 30.4 Å². The number of allylic oxidation sites excluding steroid dienone is 2. The fraction of sp³-hybridized carbons (Fsp3) is 0.429. The third-order valence-corrected chi connectivity index (χ3v) is 6.44. The lowest BCUT2D eigenvalue weighted by molar-refractivity contribution is 0.195. The van der Waals surface area contributed by atoms with Crippen molar-refractivity contribution in [1.82, 2.24) is 0 Å². The van der Waals surface area contributed by atoms with Gasteiger partial charge in [-0.15, -0.1) is 0 Å². The average Bonchev–Trinajstić information content (AvgIpc) is 3.13. The smallest absolute Gasteiger partial charge is 0.126 e. The summed E-state index contributed by atoms with van der Waals surface area (Å²) in [5.74, 6) is 2.70. The van der Waals surface area contributed by atoms with E-state index >= 15 is 0 Å². The molecule has 2 aromatic rings. The van der Waals surface area contributed by atoms with Gasteiger partial charge in [-0.25, -0.2) is 0 Å². The molecule has 2 bridgehead atoms. The van der Waals surface area contributed by atoms with Crippen molar-refractivity contribution in [2.45, 2.75) is 32.1 Å². The van der Waals surface area contributed by atoms with Crippen molar-refractivity contribution in [1.29, 1.82) is 0 Å². The zero-order valence-corrected chi connectivity index (χ0v) is 13.1. The molecule has 1 saturated carbocycles. The molecule has 2 aromatic carbocycles. The van der Waals surface area contributed by atoms with Crippen molar-refractivity contribution in [2.24, 2.45) is 17.3 Å². The van der Waals surface area contributed by atoms with Crippen LogP contribution in [0.25, 0.3) is 10.8 Å². The van der Waals surface area contributed by atoms with Crippen LogP contribution in [0.4, 0.5) is 0 Å². The van der Waals surface area contributed by atoms with E-state index in [1.54, 1.807) is 18.2 Å². The average molecular weight is 290 g/mol. The second-order valence-corrected chi connectivity index (χ2v) is 7.53. The molecule has 112 valence electrons. The van der Waals surface area contributed by atoms with E-state index in [0.717, 1.165) is 17.6 Å². The first-order valence-corrected chi connectivity index (χ1v) is 8.54. The summed E-state index contributed by atoms with van der Waals surface area (Å²) in [6.07, 6.45) is 11.7. The van der Waals surface area contributed by atoms with Crippen molar-refractivity contribution in [3.05, 3.63) is 53.6 Å². The molecular weight excluding hydrogens is 268 g/mol. The van der Waals surface area contributed by atoms with E-state index in [2.05, 4.69) is 42.5 Å². The summed E-state index contributed by atoms with van der Waals surface area (Å²) >= 11 is 0. The highest BCUT2D eigenvalue weighted by atomic mass is 16.5. The lowest BCUT2D eigenvalue weighted by atomic mass is 9.64. The van der Waals surface area contributed by atoms with Crippen LogP contribution in [0.3, 0.4) is 0 Å². The fourth-order valence-corrected chi connectivity index (χ4v) is 5.36. The molecule has 1 nitrogen and oxygen atoms in total. The predicted molar refractivity (Wildman–Crippen MR) is 90.3 cm³/mol. The van der Waals surface area contributed by atoms with Gasteiger partial charge in [-0.3, -0.25) is 0 Å². The van der Waals surface area contributed by atoms with Gasteiger partial charge in [-0.2, -0.15) is 0 Å². The van der Waals surface area contributed by atoms with Crippen molar-refractivity contribution in [3.8, 4) is 5.75 Å². The van der Waals surface area contributed by atoms with Crippen LogP contribution in [0.5, 0.6) is 5.75 Å². The number of ether oxygens (including phenoxy) is 1. The van der Waals surface area contributed by atoms with Crippen LogP contribution in [0.15, 0.2) is 42.5 Å². The van der Waals surface area contributed by atoms with Crippen LogP contribution in [-0.4, -0.2) is 7.11 Å². The SMILES string of the molecule is COc1cccc2cc3c(cc12)CC1(CC3)CC2C=CC1C2. The minimum Gasteiger partial charge on any atom is -0.496 e. The van der Waals surface area contributed by atoms with Gasteiger partial charge in [0.15, 0.2) is 0 Å². The highest BCUT2D eigenvalue weighted by Crippen LogP contribution is 2.58. The molecular formula is C21H22O. The van der Waals surface area contributed by atoms with Gasteiger partial charge in [0.1, 0.15) is 5.75 Å². The van der Waals surface area contributed by atoms with Gasteiger partial charge in [0, 0.05) is 5.39 Å². The maximum Gasteiger partial charge on any atom is 0.126 e. The Balaban J connectivity index is 1.62. The Morgan fingerprint density at radius 2 is 2.09 bits per heavy atom. The number of benzene rings is 2. The molecule has 5 rings (SSSR count). The van der Waals surface area contributed by atoms with Crippen molar-refractivity contribution < 1.29 is 4.74 Å². The summed E-state index contributed by atoms with van der Waals surface area (Å²) in [6, 6.07) is 11.2. The summed E-state index contributed by atoms with van der Waals surface area (Å²) in [6.45, 7) is 0. The maximum absolute atomic E-state index is 5.57. The van der Waals surface area contributed by atoms with E-state index in [0.29, 0.717) is 5.41 Å². The van der Waals surface area contributed by atoms with Crippen LogP contribution in [0, 0.1) is 17.3 Å². The van der Waals surface area contributed by atoms with Crippen LogP contribution in [0.2, 0.25) is 0 Å². The van der Waals surface area contributed by atoms with Crippen molar-refractivity contribution in [3.63, 3.8) is 0 Å². The minimum absolute atomic E-state index is 0.558. The van der Waals surface area contributed by atoms with E-state index in [4.69, 9.17) is 4.74 Å². The number of fused-ring (bicyclic) bond motifs is 5. The molecule has 3 aliphatic carbocycles. The Morgan fingerprint density at radius 1 is 1.14 bits per heavy atom. The molecule has 0 saturated heterocycles. The topological polar surface area (TPSA) is 9.23 Å². The standard InChI is InChI=1S/C21H22O/c1-22-20-4-2-3-16-10-15-7-8-21(13-17(15)11-19(16)20)12-14-5-6-18(21)9-14/h2-6,10-11,14,18H,7-9,12-13H2,1H3. The van der Waals surface area contributed by atoms with Gasteiger partial charge in [0.05, 0.1) is 7.11 Å². The Morgan fingerprint density at radius 3 is 2.86 bits per heavy atom. The van der Waals surface area contributed by atoms with E-state index in [1.165, 1.54) is 42.9 Å². The zero-order valence-electron chi connectivity index (χ0n) is 13.1. The zero-order chi connectivity index (χ0) is 14.7. The van der Waals surface area contributed by atoms with Gasteiger partial charge in [0.25, 0.3) is 0 Å². The van der Waals surface area contributed by atoms with Gasteiger partial charge >= 0.3 is 0 Å². The van der Waals surface area contributed by atoms with Gasteiger partial charge in [-0.05, 0) is 78.0 Å². The lowest BCUT2D eigenvalue weighted by Crippen LogP contribution is -2.32. The molecule has 0 aliphatic heterocycles. The molecule has 1 spiro atoms. The number of rotatable bonds is 1. The minimum atomic E-state index is 0.558. The second kappa shape index (κ2) is 4.38. The highest BCUT2D eigenvalue weighted by Gasteiger charge is 2.49. The largest absolute Gasteiger partial charge is 0.496 e. The molecule has 1 heteroatoms. The van der Waals surface area contributed by atoms with Crippen molar-refractivity contribution >= 4 is 10.8 Å². The molecule has 0 aromatic heterocycles. The third-order valence-electron chi connectivity index (χ3n) is 6.44. The Bertz CT molecular complexity index is 788. The predicted octanol–water partition coefficient (Wildman–Crippen LogP) is 4.92. The molecule has 3 aliphatic rings. The normalized spacial score (nSPS) is 31.9. The van der Waals surface area contributed by atoms with E-state index < -0.39 is 0 Å². The van der Waals surface area contributed by atoms with Crippen LogP contribution < -0.4 is 4.74 Å². The summed E-state index contributed by atoms with van der Waals surface area (Å²) in [5.41, 5.74) is 3.70. The lowest BCUT2D eigenvalue weighted by Gasteiger charge is -2.40. The second-order valence-electron chi connectivity index (χ2n) is 7.53. The number of aryl methyl sites for hydroxylation is 1. The van der Waals surface area contributed by atoms with Crippen molar-refractivity contribution in [2.75, 3.05) is 7.11 Å². The first-order valence-electron chi connectivity index (χ1n) is 8.54. The first kappa shape index (κ1) is 12.8. The Kier molecular flexibility index (Phi) is 2.54. The van der Waals surface area contributed by atoms with Crippen LogP contribution >= 0.6 is 0 Å². The molecule has 3 unspecified atom stereocenters. The van der Waals surface area contributed by atoms with Gasteiger partial charge < -0.3 is 4.74 Å².